The normalized spacial score (nSPS) is 14.5. The number of anilines is 1. The van der Waals surface area contributed by atoms with Crippen LogP contribution >= 0.6 is 0 Å². The first-order valence-corrected chi connectivity index (χ1v) is 3.58. The van der Waals surface area contributed by atoms with E-state index >= 15 is 0 Å². The monoisotopic (exact) mass is 185 g/mol. The Balaban J connectivity index is 2.53. The molecule has 68 valence electrons. The van der Waals surface area contributed by atoms with E-state index in [0.29, 0.717) is 11.6 Å². The zero-order chi connectivity index (χ0) is 9.42. The van der Waals surface area contributed by atoms with Gasteiger partial charge in [0.05, 0.1) is 5.69 Å². The average Bonchev–Trinajstić information content (AvgIpc) is 2.06. The minimum atomic E-state index is -0.786. The molecule has 3 nitrogen and oxygen atoms in total. The highest BCUT2D eigenvalue weighted by Gasteiger charge is 2.19. The van der Waals surface area contributed by atoms with Crippen LogP contribution in [0, 0.1) is 11.6 Å². The molecule has 0 atom stereocenters. The van der Waals surface area contributed by atoms with Crippen molar-refractivity contribution in [3.05, 3.63) is 29.3 Å². The molecule has 0 bridgehead atoms. The van der Waals surface area contributed by atoms with Crippen LogP contribution in [0.15, 0.2) is 12.1 Å². The van der Waals surface area contributed by atoms with Crippen molar-refractivity contribution in [3.8, 4) is 0 Å². The Hall–Kier alpha value is -1.65. The van der Waals surface area contributed by atoms with Crippen LogP contribution in [0.2, 0.25) is 0 Å². The molecule has 0 unspecified atom stereocenters. The van der Waals surface area contributed by atoms with Gasteiger partial charge in [0.1, 0.15) is 18.2 Å². The van der Waals surface area contributed by atoms with Crippen molar-refractivity contribution in [2.75, 3.05) is 5.32 Å². The third-order valence-corrected chi connectivity index (χ3v) is 1.72. The number of nitrogens with one attached hydrogen (secondary N) is 1. The minimum absolute atomic E-state index is 0.00218. The first-order chi connectivity index (χ1) is 6.16. The van der Waals surface area contributed by atoms with E-state index in [1.54, 1.807) is 0 Å². The summed E-state index contributed by atoms with van der Waals surface area (Å²) in [6.45, 7) is -0.101. The molecule has 0 radical (unpaired) electrons. The van der Waals surface area contributed by atoms with Crippen molar-refractivity contribution < 1.29 is 18.3 Å². The Labute approximate surface area is 72.3 Å². The first-order valence-electron chi connectivity index (χ1n) is 3.58. The van der Waals surface area contributed by atoms with Crippen molar-refractivity contribution in [2.24, 2.45) is 0 Å². The van der Waals surface area contributed by atoms with Crippen LogP contribution in [-0.2, 0) is 11.3 Å². The Morgan fingerprint density at radius 3 is 2.92 bits per heavy atom. The fourth-order valence-corrected chi connectivity index (χ4v) is 1.16. The van der Waals surface area contributed by atoms with Crippen LogP contribution in [0.25, 0.3) is 0 Å². The summed E-state index contributed by atoms with van der Waals surface area (Å²) in [6, 6.07) is 1.84. The van der Waals surface area contributed by atoms with Crippen molar-refractivity contribution in [3.63, 3.8) is 0 Å². The molecule has 0 aliphatic carbocycles. The molecule has 1 N–H and O–H groups in total. The number of cyclic esters (lactones) is 1. The predicted octanol–water partition coefficient (Wildman–Crippen LogP) is 2.03. The zero-order valence-electron chi connectivity index (χ0n) is 6.43. The summed E-state index contributed by atoms with van der Waals surface area (Å²) in [5, 5.41) is 2.15. The van der Waals surface area contributed by atoms with Crippen molar-refractivity contribution >= 4 is 11.8 Å². The second kappa shape index (κ2) is 2.69. The molecule has 13 heavy (non-hydrogen) atoms. The Bertz CT molecular complexity index is 379. The second-order valence-corrected chi connectivity index (χ2v) is 2.62. The lowest BCUT2D eigenvalue weighted by molar-refractivity contribution is 0.150. The van der Waals surface area contributed by atoms with Crippen LogP contribution in [-0.4, -0.2) is 6.09 Å². The average molecular weight is 185 g/mol. The molecule has 1 heterocycles. The number of carbonyl (C=O) groups excluding carboxylic acids is 1. The standard InChI is InChI=1S/C8H5F2NO2/c9-5-1-4-3-13-8(12)11-7(4)6(10)2-5/h1-2H,3H2,(H,11,12). The lowest BCUT2D eigenvalue weighted by Gasteiger charge is -2.17. The Morgan fingerprint density at radius 2 is 2.15 bits per heavy atom. The SMILES string of the molecule is O=C1Nc2c(F)cc(F)cc2CO1. The van der Waals surface area contributed by atoms with Crippen molar-refractivity contribution in [2.45, 2.75) is 6.61 Å². The van der Waals surface area contributed by atoms with Crippen LogP contribution < -0.4 is 5.32 Å². The highest BCUT2D eigenvalue weighted by molar-refractivity contribution is 5.87. The van der Waals surface area contributed by atoms with Gasteiger partial charge in [-0.1, -0.05) is 0 Å². The van der Waals surface area contributed by atoms with E-state index in [9.17, 15) is 13.6 Å². The van der Waals surface area contributed by atoms with Gasteiger partial charge in [-0.2, -0.15) is 0 Å². The van der Waals surface area contributed by atoms with E-state index in [-0.39, 0.29) is 12.3 Å². The third-order valence-electron chi connectivity index (χ3n) is 1.72. The van der Waals surface area contributed by atoms with Gasteiger partial charge in [0, 0.05) is 11.6 Å². The maximum absolute atomic E-state index is 13.0. The third kappa shape index (κ3) is 1.32. The highest BCUT2D eigenvalue weighted by atomic mass is 19.1. The van der Waals surface area contributed by atoms with Crippen molar-refractivity contribution in [1.82, 2.24) is 0 Å². The van der Waals surface area contributed by atoms with Gasteiger partial charge in [0.15, 0.2) is 0 Å². The van der Waals surface area contributed by atoms with Gasteiger partial charge >= 0.3 is 6.09 Å². The summed E-state index contributed by atoms with van der Waals surface area (Å²) in [6.07, 6.45) is -0.724. The minimum Gasteiger partial charge on any atom is -0.444 e. The molecular formula is C8H5F2NO2. The molecular weight excluding hydrogens is 180 g/mol. The van der Waals surface area contributed by atoms with E-state index in [1.165, 1.54) is 0 Å². The zero-order valence-corrected chi connectivity index (χ0v) is 6.43. The van der Waals surface area contributed by atoms with Crippen LogP contribution in [0.4, 0.5) is 19.3 Å². The number of fused-ring (bicyclic) bond motifs is 1. The van der Waals surface area contributed by atoms with E-state index in [4.69, 9.17) is 0 Å². The molecule has 2 rings (SSSR count). The number of hydrogen-bond acceptors (Lipinski definition) is 2. The number of halogens is 2. The molecule has 0 saturated heterocycles. The molecule has 0 aromatic heterocycles. The number of hydrogen-bond donors (Lipinski definition) is 1. The van der Waals surface area contributed by atoms with Gasteiger partial charge < -0.3 is 4.74 Å². The quantitative estimate of drug-likeness (QED) is 0.671. The molecule has 0 fully saturated rings. The summed E-state index contributed by atoms with van der Waals surface area (Å²) < 4.78 is 30.2. The molecule has 5 heteroatoms. The van der Waals surface area contributed by atoms with Gasteiger partial charge in [0.25, 0.3) is 0 Å². The smallest absolute Gasteiger partial charge is 0.412 e. The lowest BCUT2D eigenvalue weighted by Crippen LogP contribution is -2.21. The Kier molecular flexibility index (Phi) is 1.65. The second-order valence-electron chi connectivity index (χ2n) is 2.62. The summed E-state index contributed by atoms with van der Waals surface area (Å²) in [7, 11) is 0. The maximum atomic E-state index is 13.0. The van der Waals surface area contributed by atoms with Crippen LogP contribution in [0.3, 0.4) is 0 Å². The van der Waals surface area contributed by atoms with Crippen LogP contribution in [0.5, 0.6) is 0 Å². The maximum Gasteiger partial charge on any atom is 0.412 e. The van der Waals surface area contributed by atoms with Crippen molar-refractivity contribution in [1.29, 1.82) is 0 Å². The summed E-state index contributed by atoms with van der Waals surface area (Å²) in [4.78, 5) is 10.7. The highest BCUT2D eigenvalue weighted by Crippen LogP contribution is 2.25. The number of amides is 1. The fourth-order valence-electron chi connectivity index (χ4n) is 1.16. The summed E-state index contributed by atoms with van der Waals surface area (Å²) >= 11 is 0. The number of carbonyl (C=O) groups is 1. The van der Waals surface area contributed by atoms with E-state index in [1.807, 2.05) is 0 Å². The number of ether oxygens (including phenoxy) is 1. The number of rotatable bonds is 0. The summed E-state index contributed by atoms with van der Waals surface area (Å²) in [5.74, 6) is -1.47. The molecule has 1 aromatic rings. The van der Waals surface area contributed by atoms with Gasteiger partial charge in [-0.25, -0.2) is 13.6 Å². The Morgan fingerprint density at radius 1 is 1.38 bits per heavy atom. The van der Waals surface area contributed by atoms with Gasteiger partial charge in [-0.15, -0.1) is 0 Å². The molecule has 1 aliphatic rings. The van der Waals surface area contributed by atoms with E-state index in [0.717, 1.165) is 6.07 Å². The van der Waals surface area contributed by atoms with Crippen LogP contribution in [0.1, 0.15) is 5.56 Å². The van der Waals surface area contributed by atoms with Gasteiger partial charge in [-0.3, -0.25) is 5.32 Å². The molecule has 0 spiro atoms. The molecule has 1 aromatic carbocycles. The van der Waals surface area contributed by atoms with E-state index in [2.05, 4.69) is 10.1 Å². The van der Waals surface area contributed by atoms with E-state index < -0.39 is 17.7 Å². The largest absolute Gasteiger partial charge is 0.444 e. The first kappa shape index (κ1) is 7.97. The lowest BCUT2D eigenvalue weighted by atomic mass is 10.1. The molecule has 0 saturated carbocycles. The predicted molar refractivity (Wildman–Crippen MR) is 40.2 cm³/mol. The molecule has 1 aliphatic heterocycles. The molecule has 1 amide bonds. The topological polar surface area (TPSA) is 38.3 Å². The van der Waals surface area contributed by atoms with Gasteiger partial charge in [0.2, 0.25) is 0 Å². The van der Waals surface area contributed by atoms with Gasteiger partial charge in [-0.05, 0) is 6.07 Å². The fraction of sp³-hybridized carbons (Fsp3) is 0.125. The number of benzene rings is 1. The summed E-state index contributed by atoms with van der Waals surface area (Å²) in [5.41, 5.74) is 0.301.